The number of aromatic nitrogens is 1. The zero-order valence-electron chi connectivity index (χ0n) is 13.7. The Kier molecular flexibility index (Phi) is 5.83. The van der Waals surface area contributed by atoms with E-state index in [9.17, 15) is 9.59 Å². The molecule has 0 aliphatic carbocycles. The number of amides is 1. The highest BCUT2D eigenvalue weighted by Gasteiger charge is 2.28. The van der Waals surface area contributed by atoms with Gasteiger partial charge in [0.15, 0.2) is 0 Å². The van der Waals surface area contributed by atoms with Gasteiger partial charge in [0.2, 0.25) is 11.7 Å². The highest BCUT2D eigenvalue weighted by atomic mass is 32.1. The average molecular weight is 363 g/mol. The van der Waals surface area contributed by atoms with Gasteiger partial charge in [-0.15, -0.1) is 11.3 Å². The van der Waals surface area contributed by atoms with E-state index in [1.165, 1.54) is 6.07 Å². The van der Waals surface area contributed by atoms with Crippen molar-refractivity contribution in [3.63, 3.8) is 0 Å². The summed E-state index contributed by atoms with van der Waals surface area (Å²) in [6.45, 7) is 2.24. The van der Waals surface area contributed by atoms with Gasteiger partial charge in [0.25, 0.3) is 0 Å². The monoisotopic (exact) mass is 363 g/mol. The maximum Gasteiger partial charge on any atom is 0.374 e. The van der Waals surface area contributed by atoms with Crippen LogP contribution in [0.4, 0.5) is 0 Å². The standard InChI is InChI=1S/C17H21N3O4S/c21-16(19-10-14-2-1-5-25-14)7-11-3-4-18-9-12(11)6-13-8-15(17(22)23)24-20-13/h1-2,5,8,11-12,18H,3-4,6-7,9-10H2,(H,19,21)(H,22,23)/t11-,12+/m1/s1. The maximum atomic E-state index is 12.3. The maximum absolute atomic E-state index is 12.3. The van der Waals surface area contributed by atoms with Crippen LogP contribution in [0.25, 0.3) is 0 Å². The predicted molar refractivity (Wildman–Crippen MR) is 92.4 cm³/mol. The second-order valence-electron chi connectivity index (χ2n) is 6.26. The number of carboxylic acid groups (broad SMARTS) is 1. The number of rotatable bonds is 7. The lowest BCUT2D eigenvalue weighted by Gasteiger charge is -2.31. The normalized spacial score (nSPS) is 20.3. The molecule has 2 aromatic rings. The predicted octanol–water partition coefficient (Wildman–Crippen LogP) is 1.91. The lowest BCUT2D eigenvalue weighted by atomic mass is 9.81. The van der Waals surface area contributed by atoms with Gasteiger partial charge in [-0.3, -0.25) is 4.79 Å². The summed E-state index contributed by atoms with van der Waals surface area (Å²) < 4.78 is 4.82. The molecule has 0 radical (unpaired) electrons. The summed E-state index contributed by atoms with van der Waals surface area (Å²) in [6, 6.07) is 5.44. The molecule has 25 heavy (non-hydrogen) atoms. The molecule has 7 nitrogen and oxygen atoms in total. The average Bonchev–Trinajstić information content (AvgIpc) is 3.26. The molecule has 3 N–H and O–H groups in total. The Hall–Kier alpha value is -2.19. The van der Waals surface area contributed by atoms with E-state index in [4.69, 9.17) is 9.63 Å². The largest absolute Gasteiger partial charge is 0.475 e. The second kappa shape index (κ2) is 8.26. The van der Waals surface area contributed by atoms with Gasteiger partial charge in [-0.25, -0.2) is 4.79 Å². The highest BCUT2D eigenvalue weighted by molar-refractivity contribution is 7.09. The summed E-state index contributed by atoms with van der Waals surface area (Å²) in [5.74, 6) is -0.742. The molecule has 1 aliphatic heterocycles. The molecule has 2 aromatic heterocycles. The summed E-state index contributed by atoms with van der Waals surface area (Å²) >= 11 is 1.63. The number of carboxylic acids is 1. The van der Waals surface area contributed by atoms with E-state index in [-0.39, 0.29) is 23.5 Å². The fourth-order valence-electron chi connectivity index (χ4n) is 3.17. The van der Waals surface area contributed by atoms with Gasteiger partial charge >= 0.3 is 5.97 Å². The Morgan fingerprint density at radius 3 is 3.04 bits per heavy atom. The number of carbonyl (C=O) groups is 2. The van der Waals surface area contributed by atoms with Gasteiger partial charge in [-0.2, -0.15) is 0 Å². The highest BCUT2D eigenvalue weighted by Crippen LogP contribution is 2.26. The van der Waals surface area contributed by atoms with Crippen LogP contribution in [0.3, 0.4) is 0 Å². The molecule has 1 fully saturated rings. The molecule has 1 saturated heterocycles. The molecule has 0 spiro atoms. The van der Waals surface area contributed by atoms with Crippen molar-refractivity contribution in [2.45, 2.75) is 25.8 Å². The molecule has 0 unspecified atom stereocenters. The van der Waals surface area contributed by atoms with Crippen LogP contribution in [0.2, 0.25) is 0 Å². The minimum atomic E-state index is -1.12. The third-order valence-electron chi connectivity index (χ3n) is 4.49. The summed E-state index contributed by atoms with van der Waals surface area (Å²) in [4.78, 5) is 24.3. The fourth-order valence-corrected chi connectivity index (χ4v) is 3.82. The molecule has 1 aliphatic rings. The zero-order chi connectivity index (χ0) is 17.6. The van der Waals surface area contributed by atoms with Crippen molar-refractivity contribution in [2.24, 2.45) is 11.8 Å². The van der Waals surface area contributed by atoms with Gasteiger partial charge in [-0.1, -0.05) is 11.2 Å². The first-order valence-electron chi connectivity index (χ1n) is 8.30. The van der Waals surface area contributed by atoms with Crippen LogP contribution >= 0.6 is 11.3 Å². The molecular formula is C17H21N3O4S. The van der Waals surface area contributed by atoms with E-state index in [1.807, 2.05) is 17.5 Å². The minimum Gasteiger partial charge on any atom is -0.475 e. The van der Waals surface area contributed by atoms with Crippen LogP contribution < -0.4 is 10.6 Å². The number of piperidine rings is 1. The number of hydrogen-bond donors (Lipinski definition) is 3. The lowest BCUT2D eigenvalue weighted by molar-refractivity contribution is -0.122. The number of hydrogen-bond acceptors (Lipinski definition) is 6. The van der Waals surface area contributed by atoms with Crippen molar-refractivity contribution in [3.05, 3.63) is 39.9 Å². The van der Waals surface area contributed by atoms with Crippen molar-refractivity contribution in [1.29, 1.82) is 0 Å². The molecule has 3 rings (SSSR count). The SMILES string of the molecule is O=C(C[C@H]1CCNC[C@@H]1Cc1cc(C(=O)O)on1)NCc1cccs1. The fraction of sp³-hybridized carbons (Fsp3) is 0.471. The molecule has 1 amide bonds. The summed E-state index contributed by atoms with van der Waals surface area (Å²) in [5.41, 5.74) is 0.620. The summed E-state index contributed by atoms with van der Waals surface area (Å²) in [6.07, 6.45) is 1.99. The van der Waals surface area contributed by atoms with Crippen LogP contribution in [0.5, 0.6) is 0 Å². The van der Waals surface area contributed by atoms with E-state index < -0.39 is 5.97 Å². The minimum absolute atomic E-state index is 0.0525. The second-order valence-corrected chi connectivity index (χ2v) is 7.30. The molecule has 134 valence electrons. The van der Waals surface area contributed by atoms with Gasteiger partial charge in [0.1, 0.15) is 0 Å². The molecular weight excluding hydrogens is 342 g/mol. The summed E-state index contributed by atoms with van der Waals surface area (Å²) in [7, 11) is 0. The smallest absolute Gasteiger partial charge is 0.374 e. The van der Waals surface area contributed by atoms with Gasteiger partial charge in [0.05, 0.1) is 12.2 Å². The van der Waals surface area contributed by atoms with E-state index in [2.05, 4.69) is 15.8 Å². The third-order valence-corrected chi connectivity index (χ3v) is 5.37. The van der Waals surface area contributed by atoms with Crippen LogP contribution in [-0.2, 0) is 17.8 Å². The Bertz CT molecular complexity index is 713. The van der Waals surface area contributed by atoms with Crippen molar-refractivity contribution < 1.29 is 19.2 Å². The first-order chi connectivity index (χ1) is 12.1. The van der Waals surface area contributed by atoms with Crippen molar-refractivity contribution in [3.8, 4) is 0 Å². The Balaban J connectivity index is 1.54. The topological polar surface area (TPSA) is 104 Å². The Morgan fingerprint density at radius 2 is 2.32 bits per heavy atom. The van der Waals surface area contributed by atoms with E-state index >= 15 is 0 Å². The Morgan fingerprint density at radius 1 is 1.44 bits per heavy atom. The number of carbonyl (C=O) groups excluding carboxylic acids is 1. The van der Waals surface area contributed by atoms with E-state index in [1.54, 1.807) is 11.3 Å². The van der Waals surface area contributed by atoms with Crippen LogP contribution in [0, 0.1) is 11.8 Å². The van der Waals surface area contributed by atoms with Crippen molar-refractivity contribution >= 4 is 23.2 Å². The summed E-state index contributed by atoms with van der Waals surface area (Å²) in [5, 5.41) is 21.1. The van der Waals surface area contributed by atoms with Crippen molar-refractivity contribution in [1.82, 2.24) is 15.8 Å². The molecule has 0 bridgehead atoms. The Labute approximate surface area is 149 Å². The molecule has 0 saturated carbocycles. The third kappa shape index (κ3) is 4.90. The van der Waals surface area contributed by atoms with Crippen LogP contribution in [0.15, 0.2) is 28.1 Å². The first-order valence-corrected chi connectivity index (χ1v) is 9.18. The van der Waals surface area contributed by atoms with E-state index in [0.717, 1.165) is 24.4 Å². The number of nitrogens with one attached hydrogen (secondary N) is 2. The molecule has 2 atom stereocenters. The first kappa shape index (κ1) is 17.6. The lowest BCUT2D eigenvalue weighted by Crippen LogP contribution is -2.40. The molecule has 3 heterocycles. The van der Waals surface area contributed by atoms with Gasteiger partial charge in [0, 0.05) is 17.4 Å². The zero-order valence-corrected chi connectivity index (χ0v) is 14.6. The molecule has 8 heteroatoms. The number of aromatic carboxylic acids is 1. The molecule has 0 aromatic carbocycles. The van der Waals surface area contributed by atoms with Crippen molar-refractivity contribution in [2.75, 3.05) is 13.1 Å². The van der Waals surface area contributed by atoms with Crippen LogP contribution in [-0.4, -0.2) is 35.2 Å². The number of nitrogens with zero attached hydrogens (tertiary/aromatic N) is 1. The quantitative estimate of drug-likeness (QED) is 0.694. The van der Waals surface area contributed by atoms with E-state index in [0.29, 0.717) is 25.1 Å². The van der Waals surface area contributed by atoms with Gasteiger partial charge < -0.3 is 20.3 Å². The van der Waals surface area contributed by atoms with Crippen LogP contribution in [0.1, 0.15) is 34.0 Å². The number of thiophene rings is 1. The van der Waals surface area contributed by atoms with Gasteiger partial charge in [-0.05, 0) is 49.2 Å².